The third kappa shape index (κ3) is 1.86. The molecule has 0 radical (unpaired) electrons. The van der Waals surface area contributed by atoms with Crippen molar-refractivity contribution in [2.75, 3.05) is 20.0 Å². The number of hydrogen-bond acceptors (Lipinski definition) is 4. The van der Waals surface area contributed by atoms with Crippen LogP contribution in [0.15, 0.2) is 18.2 Å². The van der Waals surface area contributed by atoms with Crippen molar-refractivity contribution in [3.8, 4) is 11.5 Å². The highest BCUT2D eigenvalue weighted by atomic mass is 16.5. The lowest BCUT2D eigenvalue weighted by Crippen LogP contribution is -1.98. The number of benzene rings is 1. The van der Waals surface area contributed by atoms with Crippen molar-refractivity contribution >= 4 is 16.6 Å². The van der Waals surface area contributed by atoms with Crippen molar-refractivity contribution in [1.82, 2.24) is 4.98 Å². The highest BCUT2D eigenvalue weighted by Crippen LogP contribution is 2.35. The molecule has 0 aliphatic rings. The number of aryl methyl sites for hydroxylation is 1. The summed E-state index contributed by atoms with van der Waals surface area (Å²) in [6.45, 7) is 2.04. The van der Waals surface area contributed by atoms with E-state index in [1.165, 1.54) is 0 Å². The van der Waals surface area contributed by atoms with Gasteiger partial charge in [-0.2, -0.15) is 0 Å². The predicted molar refractivity (Wildman–Crippen MR) is 68.6 cm³/mol. The van der Waals surface area contributed by atoms with E-state index in [1.807, 2.05) is 25.1 Å². The Bertz CT molecular complexity index is 553. The molecule has 1 aromatic heterocycles. The lowest BCUT2D eigenvalue weighted by molar-refractivity contribution is 0.410. The minimum atomic E-state index is 0.669. The van der Waals surface area contributed by atoms with Gasteiger partial charge in [0, 0.05) is 11.4 Å². The molecule has 0 bridgehead atoms. The van der Waals surface area contributed by atoms with E-state index in [2.05, 4.69) is 4.98 Å². The van der Waals surface area contributed by atoms with E-state index in [0.717, 1.165) is 23.0 Å². The first-order valence-corrected chi connectivity index (χ1v) is 5.51. The number of hydrogen-bond donors (Lipinski definition) is 1. The Labute approximate surface area is 100 Å². The van der Waals surface area contributed by atoms with Crippen LogP contribution in [0.3, 0.4) is 0 Å². The lowest BCUT2D eigenvalue weighted by atomic mass is 10.1. The van der Waals surface area contributed by atoms with Crippen molar-refractivity contribution < 1.29 is 9.47 Å². The van der Waals surface area contributed by atoms with Crippen LogP contribution in [0.5, 0.6) is 11.5 Å². The maximum atomic E-state index is 6.06. The van der Waals surface area contributed by atoms with Crippen LogP contribution in [0.4, 0.5) is 5.69 Å². The van der Waals surface area contributed by atoms with Gasteiger partial charge in [0.25, 0.3) is 0 Å². The third-order valence-electron chi connectivity index (χ3n) is 2.77. The van der Waals surface area contributed by atoms with E-state index in [-0.39, 0.29) is 0 Å². The molecular weight excluding hydrogens is 216 g/mol. The van der Waals surface area contributed by atoms with Gasteiger partial charge in [-0.25, -0.2) is 4.98 Å². The second-order valence-electron chi connectivity index (χ2n) is 3.75. The van der Waals surface area contributed by atoms with Gasteiger partial charge < -0.3 is 15.2 Å². The van der Waals surface area contributed by atoms with Crippen LogP contribution < -0.4 is 15.2 Å². The van der Waals surface area contributed by atoms with Crippen LogP contribution in [0.25, 0.3) is 10.9 Å². The predicted octanol–water partition coefficient (Wildman–Crippen LogP) is 2.40. The summed E-state index contributed by atoms with van der Waals surface area (Å²) in [6.07, 6.45) is 0.834. The summed E-state index contributed by atoms with van der Waals surface area (Å²) in [5.74, 6) is 1.43. The zero-order chi connectivity index (χ0) is 12.4. The number of nitrogens with two attached hydrogens (primary N) is 1. The minimum Gasteiger partial charge on any atom is -0.496 e. The maximum absolute atomic E-state index is 6.06. The van der Waals surface area contributed by atoms with Gasteiger partial charge in [-0.3, -0.25) is 0 Å². The molecule has 0 fully saturated rings. The van der Waals surface area contributed by atoms with E-state index in [1.54, 1.807) is 14.2 Å². The molecule has 4 heteroatoms. The summed E-state index contributed by atoms with van der Waals surface area (Å²) in [5.41, 5.74) is 8.43. The maximum Gasteiger partial charge on any atom is 0.145 e. The fourth-order valence-corrected chi connectivity index (χ4v) is 1.89. The zero-order valence-electron chi connectivity index (χ0n) is 10.3. The molecule has 0 spiro atoms. The molecule has 17 heavy (non-hydrogen) atoms. The van der Waals surface area contributed by atoms with Crippen LogP contribution in [-0.4, -0.2) is 19.2 Å². The van der Waals surface area contributed by atoms with Crippen LogP contribution in [0.1, 0.15) is 12.6 Å². The van der Waals surface area contributed by atoms with E-state index in [9.17, 15) is 0 Å². The number of nitrogen functional groups attached to an aromatic ring is 1. The molecule has 1 heterocycles. The summed E-state index contributed by atoms with van der Waals surface area (Å²) >= 11 is 0. The van der Waals surface area contributed by atoms with Crippen molar-refractivity contribution in [3.63, 3.8) is 0 Å². The summed E-state index contributed by atoms with van der Waals surface area (Å²) in [6, 6.07) is 5.56. The van der Waals surface area contributed by atoms with Gasteiger partial charge in [-0.1, -0.05) is 6.92 Å². The minimum absolute atomic E-state index is 0.669. The number of methoxy groups -OCH3 is 2. The molecule has 4 nitrogen and oxygen atoms in total. The second-order valence-corrected chi connectivity index (χ2v) is 3.75. The van der Waals surface area contributed by atoms with E-state index < -0.39 is 0 Å². The largest absolute Gasteiger partial charge is 0.496 e. The van der Waals surface area contributed by atoms with Crippen molar-refractivity contribution in [2.45, 2.75) is 13.3 Å². The molecule has 2 N–H and O–H groups in total. The molecule has 1 aromatic carbocycles. The first kappa shape index (κ1) is 11.5. The number of pyridine rings is 1. The van der Waals surface area contributed by atoms with Crippen LogP contribution in [0.2, 0.25) is 0 Å². The van der Waals surface area contributed by atoms with Gasteiger partial charge in [-0.05, 0) is 24.6 Å². The molecule has 2 rings (SSSR count). The van der Waals surface area contributed by atoms with Crippen LogP contribution >= 0.6 is 0 Å². The molecule has 0 unspecified atom stereocenters. The molecule has 0 atom stereocenters. The number of aromatic nitrogens is 1. The first-order valence-electron chi connectivity index (χ1n) is 5.51. The van der Waals surface area contributed by atoms with E-state index in [4.69, 9.17) is 15.2 Å². The molecule has 0 aliphatic heterocycles. The Morgan fingerprint density at radius 1 is 1.18 bits per heavy atom. The average molecular weight is 232 g/mol. The Balaban J connectivity index is 2.85. The van der Waals surface area contributed by atoms with E-state index in [0.29, 0.717) is 17.2 Å². The summed E-state index contributed by atoms with van der Waals surface area (Å²) < 4.78 is 10.6. The van der Waals surface area contributed by atoms with Gasteiger partial charge in [0.1, 0.15) is 17.0 Å². The van der Waals surface area contributed by atoms with Crippen molar-refractivity contribution in [1.29, 1.82) is 0 Å². The molecule has 0 saturated carbocycles. The fraction of sp³-hybridized carbons (Fsp3) is 0.308. The third-order valence-corrected chi connectivity index (χ3v) is 2.77. The Morgan fingerprint density at radius 3 is 2.41 bits per heavy atom. The SMILES string of the molecule is CCc1cc(N)c2c(OC)ccc(OC)c2n1. The number of nitrogens with zero attached hydrogens (tertiary/aromatic N) is 1. The Kier molecular flexibility index (Phi) is 3.04. The zero-order valence-corrected chi connectivity index (χ0v) is 10.3. The Morgan fingerprint density at radius 2 is 1.82 bits per heavy atom. The lowest BCUT2D eigenvalue weighted by Gasteiger charge is -2.12. The molecule has 90 valence electrons. The van der Waals surface area contributed by atoms with Crippen LogP contribution in [-0.2, 0) is 6.42 Å². The summed E-state index contributed by atoms with van der Waals surface area (Å²) in [5, 5.41) is 0.809. The fourth-order valence-electron chi connectivity index (χ4n) is 1.89. The smallest absolute Gasteiger partial charge is 0.145 e. The number of fused-ring (bicyclic) bond motifs is 1. The highest BCUT2D eigenvalue weighted by Gasteiger charge is 2.12. The average Bonchev–Trinajstić information content (AvgIpc) is 2.37. The summed E-state index contributed by atoms with van der Waals surface area (Å²) in [4.78, 5) is 4.55. The molecule has 0 aliphatic carbocycles. The first-order chi connectivity index (χ1) is 8.21. The topological polar surface area (TPSA) is 57.4 Å². The van der Waals surface area contributed by atoms with Gasteiger partial charge in [0.15, 0.2) is 0 Å². The molecule has 0 saturated heterocycles. The second kappa shape index (κ2) is 4.49. The van der Waals surface area contributed by atoms with Gasteiger partial charge in [-0.15, -0.1) is 0 Å². The van der Waals surface area contributed by atoms with Crippen molar-refractivity contribution in [3.05, 3.63) is 23.9 Å². The molecule has 0 amide bonds. The highest BCUT2D eigenvalue weighted by molar-refractivity contribution is 5.99. The van der Waals surface area contributed by atoms with Gasteiger partial charge in [0.05, 0.1) is 19.6 Å². The number of ether oxygens (including phenoxy) is 2. The monoisotopic (exact) mass is 232 g/mol. The Hall–Kier alpha value is -1.97. The summed E-state index contributed by atoms with van der Waals surface area (Å²) in [7, 11) is 3.24. The van der Waals surface area contributed by atoms with Crippen molar-refractivity contribution in [2.24, 2.45) is 0 Å². The van der Waals surface area contributed by atoms with Crippen LogP contribution in [0, 0.1) is 0 Å². The normalized spacial score (nSPS) is 10.5. The standard InChI is InChI=1S/C13H16N2O2/c1-4-8-7-9(14)12-10(16-2)5-6-11(17-3)13(12)15-8/h5-7H,4H2,1-3H3,(H2,14,15). The molecular formula is C13H16N2O2. The number of rotatable bonds is 3. The molecule has 2 aromatic rings. The van der Waals surface area contributed by atoms with Gasteiger partial charge in [0.2, 0.25) is 0 Å². The van der Waals surface area contributed by atoms with E-state index >= 15 is 0 Å². The number of anilines is 1. The van der Waals surface area contributed by atoms with Gasteiger partial charge >= 0.3 is 0 Å². The quantitative estimate of drug-likeness (QED) is 0.882.